The third-order valence-electron chi connectivity index (χ3n) is 12.6. The van der Waals surface area contributed by atoms with Crippen LogP contribution in [0.25, 0.3) is 0 Å². The molecule has 1 saturated heterocycles. The molecule has 21 nitrogen and oxygen atoms in total. The molecule has 2 aromatic rings. The molecule has 1 heterocycles. The van der Waals surface area contributed by atoms with Gasteiger partial charge >= 0.3 is 29.8 Å². The molecule has 1 aliphatic rings. The minimum Gasteiger partial charge on any atom is -0.462 e. The fourth-order valence-corrected chi connectivity index (χ4v) is 7.40. The zero-order chi connectivity index (χ0) is 56.9. The first-order valence-electron chi connectivity index (χ1n) is 25.1. The lowest BCUT2D eigenvalue weighted by atomic mass is 9.91. The van der Waals surface area contributed by atoms with Gasteiger partial charge in [-0.3, -0.25) is 30.0 Å². The van der Waals surface area contributed by atoms with Gasteiger partial charge < -0.3 is 54.2 Å². The van der Waals surface area contributed by atoms with Gasteiger partial charge in [0.05, 0.1) is 38.6 Å². The molecule has 23 heteroatoms. The number of carbonyl (C=O) groups is 7. The quantitative estimate of drug-likeness (QED) is 0.0191. The number of carbonyl (C=O) groups excluding carboxylic acids is 7. The second-order valence-corrected chi connectivity index (χ2v) is 21.8. The highest BCUT2D eigenvalue weighted by atomic mass is 32.2. The Morgan fingerprint density at radius 3 is 1.37 bits per heavy atom. The minimum atomic E-state index is -1.91. The molecule has 0 bridgehead atoms. The van der Waals surface area contributed by atoms with Gasteiger partial charge in [-0.25, -0.2) is 14.4 Å². The van der Waals surface area contributed by atoms with Gasteiger partial charge in [0.15, 0.2) is 22.0 Å². The predicted molar refractivity (Wildman–Crippen MR) is 284 cm³/mol. The van der Waals surface area contributed by atoms with Crippen LogP contribution in [0.15, 0.2) is 48.5 Å². The summed E-state index contributed by atoms with van der Waals surface area (Å²) in [7, 11) is 0. The highest BCUT2D eigenvalue weighted by Gasteiger charge is 2.47. The van der Waals surface area contributed by atoms with Gasteiger partial charge in [0.1, 0.15) is 42.7 Å². The predicted octanol–water partition coefficient (Wildman–Crippen LogP) is 6.66. The Morgan fingerprint density at radius 1 is 0.566 bits per heavy atom. The zero-order valence-electron chi connectivity index (χ0n) is 45.4. The summed E-state index contributed by atoms with van der Waals surface area (Å²) in [6.07, 6.45) is -0.972. The molecule has 0 aromatic heterocycles. The molecule has 3 rings (SSSR count). The number of nitrogens with two attached hydrogens (primary N) is 2. The molecule has 0 radical (unpaired) electrons. The van der Waals surface area contributed by atoms with Crippen LogP contribution in [0, 0.1) is 27.1 Å². The number of esters is 4. The van der Waals surface area contributed by atoms with E-state index in [1.54, 1.807) is 38.1 Å². The van der Waals surface area contributed by atoms with E-state index in [9.17, 15) is 33.6 Å². The molecule has 1 aliphatic heterocycles. The van der Waals surface area contributed by atoms with Crippen LogP contribution in [0.3, 0.4) is 0 Å². The Kier molecular flexibility index (Phi) is 25.9. The molecule has 6 N–H and O–H groups in total. The summed E-state index contributed by atoms with van der Waals surface area (Å²) in [5.41, 5.74) is 7.49. The highest BCUT2D eigenvalue weighted by Crippen LogP contribution is 2.31. The normalized spacial score (nSPS) is 16.9. The van der Waals surface area contributed by atoms with E-state index in [1.807, 2.05) is 52.0 Å². The summed E-state index contributed by atoms with van der Waals surface area (Å²) in [5, 5.41) is 15.2. The largest absolute Gasteiger partial charge is 0.462 e. The lowest BCUT2D eigenvalue weighted by Gasteiger charge is -2.34. The van der Waals surface area contributed by atoms with Gasteiger partial charge in [-0.2, -0.15) is 0 Å². The van der Waals surface area contributed by atoms with Crippen molar-refractivity contribution in [2.24, 2.45) is 27.7 Å². The van der Waals surface area contributed by atoms with E-state index in [0.717, 1.165) is 11.1 Å². The molecular weight excluding hydrogens is 1030 g/mol. The average Bonchev–Trinajstić information content (AvgIpc) is 3.73. The van der Waals surface area contributed by atoms with E-state index in [1.165, 1.54) is 51.2 Å². The van der Waals surface area contributed by atoms with Crippen molar-refractivity contribution in [3.05, 3.63) is 70.8 Å². The number of hydrogen-bond donors (Lipinski definition) is 4. The number of imide groups is 1. The molecule has 1 fully saturated rings. The number of ether oxygens (including phenoxy) is 8. The maximum atomic E-state index is 14.0. The second-order valence-electron chi connectivity index (χ2n) is 19.8. The highest BCUT2D eigenvalue weighted by molar-refractivity contribution is 8.13. The van der Waals surface area contributed by atoms with Crippen molar-refractivity contribution in [2.45, 2.75) is 150 Å². The van der Waals surface area contributed by atoms with Crippen LogP contribution >= 0.6 is 23.5 Å². The molecule has 2 amide bonds. The molecule has 422 valence electrons. The lowest BCUT2D eigenvalue weighted by Crippen LogP contribution is -2.49. The van der Waals surface area contributed by atoms with E-state index >= 15 is 0 Å². The average molecular weight is 1100 g/mol. The fraction of sp³-hybridized carbons (Fsp3) is 0.604. The number of thioether (sulfide) groups is 2. The Morgan fingerprint density at radius 2 is 0.961 bits per heavy atom. The summed E-state index contributed by atoms with van der Waals surface area (Å²) in [5.74, 6) is -4.90. The molecule has 0 saturated carbocycles. The van der Waals surface area contributed by atoms with Crippen molar-refractivity contribution in [1.82, 2.24) is 5.06 Å². The lowest BCUT2D eigenvalue weighted by molar-refractivity contribution is -0.215. The second kappa shape index (κ2) is 30.4. The van der Waals surface area contributed by atoms with Crippen molar-refractivity contribution in [3.63, 3.8) is 0 Å². The summed E-state index contributed by atoms with van der Waals surface area (Å²) in [6.45, 7) is 13.6. The standard InChI is InChI=1S/C53H77N5O16S2/c1-11-34(4)68-28-50(7,44(62)66-24-37-14-18-39(19-15-37)26-75-48(54)55)31-71-43(61)36(6)70-30-52(9,46(64)74-58-41(59)22-23-42(58)60)33-73-53(10,13-3)47(65)72-32-51(8,29-69-35(5)12-2)45(63)67-25-38-16-20-40(21-17-38)27-76-49(56)57/h14-21,34-36H,11-13,22-33H2,1-10H3,(H3,54,55)(H3,56,57)/t34?,35?,36?,50?,51?,52?,53-/m0/s1. The maximum Gasteiger partial charge on any atom is 0.343 e. The molecule has 7 atom stereocenters. The van der Waals surface area contributed by atoms with Crippen molar-refractivity contribution < 1.29 is 76.3 Å². The van der Waals surface area contributed by atoms with Crippen molar-refractivity contribution in [3.8, 4) is 0 Å². The number of amides is 2. The van der Waals surface area contributed by atoms with E-state index in [0.29, 0.717) is 40.5 Å². The summed E-state index contributed by atoms with van der Waals surface area (Å²) in [6, 6.07) is 14.5. The van der Waals surface area contributed by atoms with Crippen LogP contribution in [0.2, 0.25) is 0 Å². The number of nitrogens with one attached hydrogen (secondary N) is 2. The van der Waals surface area contributed by atoms with Gasteiger partial charge in [0.2, 0.25) is 0 Å². The Hall–Kier alpha value is -5.59. The maximum absolute atomic E-state index is 14.0. The van der Waals surface area contributed by atoms with E-state index in [-0.39, 0.29) is 68.2 Å². The first-order valence-corrected chi connectivity index (χ1v) is 27.0. The molecule has 6 unspecified atom stereocenters. The molecule has 0 spiro atoms. The number of amidine groups is 2. The van der Waals surface area contributed by atoms with Gasteiger partial charge in [0.25, 0.3) is 11.8 Å². The van der Waals surface area contributed by atoms with Crippen LogP contribution in [0.1, 0.15) is 124 Å². The first-order chi connectivity index (χ1) is 35.7. The number of hydrogen-bond acceptors (Lipinski definition) is 20. The van der Waals surface area contributed by atoms with E-state index < -0.39 is 96.0 Å². The monoisotopic (exact) mass is 1100 g/mol. The first kappa shape index (κ1) is 64.7. The smallest absolute Gasteiger partial charge is 0.343 e. The van der Waals surface area contributed by atoms with Crippen LogP contribution in [-0.2, 0) is 101 Å². The molecule has 2 aromatic carbocycles. The van der Waals surface area contributed by atoms with Crippen LogP contribution in [0.4, 0.5) is 0 Å². The third kappa shape index (κ3) is 20.4. The van der Waals surface area contributed by atoms with Crippen molar-refractivity contribution >= 4 is 75.5 Å². The number of rotatable bonds is 33. The van der Waals surface area contributed by atoms with Crippen LogP contribution in [0.5, 0.6) is 0 Å². The van der Waals surface area contributed by atoms with Crippen molar-refractivity contribution in [2.75, 3.05) is 39.6 Å². The number of benzene rings is 2. The van der Waals surface area contributed by atoms with Gasteiger partial charge in [-0.05, 0) is 90.0 Å². The van der Waals surface area contributed by atoms with Gasteiger partial charge in [-0.1, -0.05) is 92.8 Å². The molecule has 0 aliphatic carbocycles. The van der Waals surface area contributed by atoms with Crippen molar-refractivity contribution in [1.29, 1.82) is 10.8 Å². The Bertz CT molecular complexity index is 2310. The number of nitrogens with zero attached hydrogens (tertiary/aromatic N) is 1. The van der Waals surface area contributed by atoms with E-state index in [4.69, 9.17) is 65.0 Å². The topological polar surface area (TPSA) is 306 Å². The minimum absolute atomic E-state index is 0.00405. The number of hydroxylamine groups is 2. The fourth-order valence-electron chi connectivity index (χ4n) is 6.38. The molecule has 76 heavy (non-hydrogen) atoms. The van der Waals surface area contributed by atoms with Crippen LogP contribution in [-0.4, -0.2) is 121 Å². The Balaban J connectivity index is 1.76. The summed E-state index contributed by atoms with van der Waals surface area (Å²) >= 11 is 2.36. The van der Waals surface area contributed by atoms with Gasteiger partial charge in [0, 0.05) is 24.3 Å². The molecular formula is C53H77N5O16S2. The SMILES string of the molecule is CCC(C)OCC(C)(COC(=O)C(C)OCC(C)(CO[C@@](C)(CC)C(=O)OCC(C)(COC(C)CC)C(=O)OCc1ccc(CSC(=N)N)cc1)C(=O)ON1C(=O)CCC1=O)C(=O)OCc1ccc(CSC(=N)N)cc1. The Labute approximate surface area is 454 Å². The third-order valence-corrected chi connectivity index (χ3v) is 14.2. The summed E-state index contributed by atoms with van der Waals surface area (Å²) in [4.78, 5) is 99.4. The zero-order valence-corrected chi connectivity index (χ0v) is 47.0. The summed E-state index contributed by atoms with van der Waals surface area (Å²) < 4.78 is 46.8. The van der Waals surface area contributed by atoms with E-state index in [2.05, 4.69) is 0 Å². The van der Waals surface area contributed by atoms with Crippen LogP contribution < -0.4 is 11.5 Å². The van der Waals surface area contributed by atoms with Gasteiger partial charge in [-0.15, -0.1) is 5.06 Å².